The van der Waals surface area contributed by atoms with Crippen LogP contribution in [0.5, 0.6) is 0 Å². The molecule has 1 heterocycles. The first kappa shape index (κ1) is 7.92. The maximum atomic E-state index is 13.2. The van der Waals surface area contributed by atoms with Crippen molar-refractivity contribution in [1.29, 1.82) is 0 Å². The molecule has 1 unspecified atom stereocenters. The minimum absolute atomic E-state index is 0.147. The highest BCUT2D eigenvalue weighted by Crippen LogP contribution is 2.34. The molecule has 1 atom stereocenters. The number of fused-ring (bicyclic) bond motifs is 1. The molecule has 0 amide bonds. The van der Waals surface area contributed by atoms with E-state index >= 15 is 0 Å². The highest BCUT2D eigenvalue weighted by atomic mass is 32.2. The van der Waals surface area contributed by atoms with Crippen LogP contribution in [0.25, 0.3) is 0 Å². The Bertz CT molecular complexity index is 301. The summed E-state index contributed by atoms with van der Waals surface area (Å²) in [6, 6.07) is 5.55. The van der Waals surface area contributed by atoms with Gasteiger partial charge in [0.15, 0.2) is 0 Å². The summed E-state index contributed by atoms with van der Waals surface area (Å²) in [7, 11) is 0. The van der Waals surface area contributed by atoms with Crippen LogP contribution in [0.1, 0.15) is 6.92 Å². The lowest BCUT2D eigenvalue weighted by atomic mass is 10.2. The maximum absolute atomic E-state index is 13.2. The number of nitrogens with one attached hydrogen (secondary N) is 1. The molecule has 0 aliphatic carbocycles. The van der Waals surface area contributed by atoms with E-state index < -0.39 is 0 Å². The van der Waals surface area contributed by atoms with Crippen LogP contribution in [0.2, 0.25) is 0 Å². The SMILES string of the molecule is CC1CSc2cccc(F)c2N1. The number of anilines is 1. The Kier molecular flexibility index (Phi) is 1.97. The molecule has 1 nitrogen and oxygen atoms in total. The van der Waals surface area contributed by atoms with E-state index in [0.717, 1.165) is 10.6 Å². The number of rotatable bonds is 0. The molecular weight excluding hydrogens is 173 g/mol. The molecule has 0 saturated carbocycles. The average molecular weight is 183 g/mol. The zero-order valence-electron chi connectivity index (χ0n) is 6.80. The molecule has 0 aromatic heterocycles. The van der Waals surface area contributed by atoms with E-state index in [1.807, 2.05) is 6.07 Å². The third kappa shape index (κ3) is 1.29. The van der Waals surface area contributed by atoms with Gasteiger partial charge in [-0.05, 0) is 19.1 Å². The Morgan fingerprint density at radius 3 is 3.25 bits per heavy atom. The van der Waals surface area contributed by atoms with E-state index in [0.29, 0.717) is 11.7 Å². The normalized spacial score (nSPS) is 21.3. The quantitative estimate of drug-likeness (QED) is 0.663. The van der Waals surface area contributed by atoms with E-state index in [-0.39, 0.29) is 5.82 Å². The monoisotopic (exact) mass is 183 g/mol. The number of para-hydroxylation sites is 1. The Morgan fingerprint density at radius 2 is 2.42 bits per heavy atom. The first-order valence-electron chi connectivity index (χ1n) is 3.95. The first-order valence-corrected chi connectivity index (χ1v) is 4.94. The molecule has 2 rings (SSSR count). The summed E-state index contributed by atoms with van der Waals surface area (Å²) in [5.41, 5.74) is 0.668. The molecule has 12 heavy (non-hydrogen) atoms. The molecule has 64 valence electrons. The van der Waals surface area contributed by atoms with Gasteiger partial charge in [-0.2, -0.15) is 0 Å². The molecular formula is C9H10FNS. The highest BCUT2D eigenvalue weighted by molar-refractivity contribution is 7.99. The van der Waals surface area contributed by atoms with E-state index in [2.05, 4.69) is 12.2 Å². The largest absolute Gasteiger partial charge is 0.378 e. The molecule has 3 heteroatoms. The van der Waals surface area contributed by atoms with Crippen LogP contribution in [0.15, 0.2) is 23.1 Å². The van der Waals surface area contributed by atoms with Crippen molar-refractivity contribution >= 4 is 17.4 Å². The molecule has 0 radical (unpaired) electrons. The van der Waals surface area contributed by atoms with Crippen LogP contribution < -0.4 is 5.32 Å². The van der Waals surface area contributed by atoms with Crippen molar-refractivity contribution in [1.82, 2.24) is 0 Å². The van der Waals surface area contributed by atoms with E-state index in [1.165, 1.54) is 6.07 Å². The fourth-order valence-electron chi connectivity index (χ4n) is 1.27. The number of hydrogen-bond acceptors (Lipinski definition) is 2. The summed E-state index contributed by atoms with van der Waals surface area (Å²) in [5, 5.41) is 3.13. The summed E-state index contributed by atoms with van der Waals surface area (Å²) in [6.07, 6.45) is 0. The molecule has 0 fully saturated rings. The topological polar surface area (TPSA) is 12.0 Å². The van der Waals surface area contributed by atoms with Gasteiger partial charge in [0.1, 0.15) is 5.82 Å². The van der Waals surface area contributed by atoms with E-state index in [1.54, 1.807) is 17.8 Å². The molecule has 0 spiro atoms. The Balaban J connectivity index is 2.43. The molecule has 1 aliphatic rings. The molecule has 0 saturated heterocycles. The van der Waals surface area contributed by atoms with Crippen LogP contribution >= 0.6 is 11.8 Å². The van der Waals surface area contributed by atoms with Gasteiger partial charge in [-0.1, -0.05) is 6.07 Å². The Hall–Kier alpha value is -0.700. The zero-order valence-corrected chi connectivity index (χ0v) is 7.62. The van der Waals surface area contributed by atoms with Gasteiger partial charge >= 0.3 is 0 Å². The lowest BCUT2D eigenvalue weighted by molar-refractivity contribution is 0.623. The van der Waals surface area contributed by atoms with Gasteiger partial charge in [-0.3, -0.25) is 0 Å². The Labute approximate surface area is 75.4 Å². The second-order valence-electron chi connectivity index (χ2n) is 2.97. The smallest absolute Gasteiger partial charge is 0.147 e. The van der Waals surface area contributed by atoms with Gasteiger partial charge in [-0.15, -0.1) is 11.8 Å². The first-order chi connectivity index (χ1) is 5.77. The summed E-state index contributed by atoms with van der Waals surface area (Å²) in [4.78, 5) is 1.02. The Morgan fingerprint density at radius 1 is 1.58 bits per heavy atom. The van der Waals surface area contributed by atoms with Gasteiger partial charge < -0.3 is 5.32 Å². The van der Waals surface area contributed by atoms with Crippen LogP contribution in [0.4, 0.5) is 10.1 Å². The van der Waals surface area contributed by atoms with Gasteiger partial charge in [0.05, 0.1) is 5.69 Å². The fraction of sp³-hybridized carbons (Fsp3) is 0.333. The number of thioether (sulfide) groups is 1. The zero-order chi connectivity index (χ0) is 8.55. The van der Waals surface area contributed by atoms with Gasteiger partial charge in [0.2, 0.25) is 0 Å². The predicted molar refractivity (Wildman–Crippen MR) is 50.2 cm³/mol. The molecule has 1 aromatic carbocycles. The third-order valence-corrected chi connectivity index (χ3v) is 3.17. The minimum Gasteiger partial charge on any atom is -0.378 e. The summed E-state index contributed by atoms with van der Waals surface area (Å²) in [6.45, 7) is 2.06. The van der Waals surface area contributed by atoms with Crippen LogP contribution in [0, 0.1) is 5.82 Å². The number of halogens is 1. The van der Waals surface area contributed by atoms with Crippen molar-refractivity contribution in [3.05, 3.63) is 24.0 Å². The van der Waals surface area contributed by atoms with Crippen molar-refractivity contribution in [3.8, 4) is 0 Å². The summed E-state index contributed by atoms with van der Waals surface area (Å²) in [5.74, 6) is 0.864. The number of hydrogen-bond donors (Lipinski definition) is 1. The maximum Gasteiger partial charge on any atom is 0.147 e. The van der Waals surface area contributed by atoms with Crippen molar-refractivity contribution in [3.63, 3.8) is 0 Å². The second-order valence-corrected chi connectivity index (χ2v) is 4.03. The summed E-state index contributed by atoms with van der Waals surface area (Å²) < 4.78 is 13.2. The molecule has 0 bridgehead atoms. The van der Waals surface area contributed by atoms with Crippen molar-refractivity contribution in [2.75, 3.05) is 11.1 Å². The van der Waals surface area contributed by atoms with Gasteiger partial charge in [0.25, 0.3) is 0 Å². The second kappa shape index (κ2) is 2.98. The molecule has 1 aliphatic heterocycles. The van der Waals surface area contributed by atoms with Crippen molar-refractivity contribution < 1.29 is 4.39 Å². The molecule has 1 N–H and O–H groups in total. The summed E-state index contributed by atoms with van der Waals surface area (Å²) >= 11 is 1.71. The van der Waals surface area contributed by atoms with Crippen molar-refractivity contribution in [2.45, 2.75) is 17.9 Å². The standard InChI is InChI=1S/C9H10FNS/c1-6-5-12-8-4-2-3-7(10)9(8)11-6/h2-4,6,11H,5H2,1H3. The average Bonchev–Trinajstić information content (AvgIpc) is 2.07. The van der Waals surface area contributed by atoms with Gasteiger partial charge in [-0.25, -0.2) is 4.39 Å². The predicted octanol–water partition coefficient (Wildman–Crippen LogP) is 2.73. The van der Waals surface area contributed by atoms with E-state index in [9.17, 15) is 4.39 Å². The van der Waals surface area contributed by atoms with Crippen LogP contribution in [-0.2, 0) is 0 Å². The highest BCUT2D eigenvalue weighted by Gasteiger charge is 2.16. The molecule has 1 aromatic rings. The van der Waals surface area contributed by atoms with Crippen molar-refractivity contribution in [2.24, 2.45) is 0 Å². The van der Waals surface area contributed by atoms with Crippen LogP contribution in [0.3, 0.4) is 0 Å². The third-order valence-electron chi connectivity index (χ3n) is 1.85. The lowest BCUT2D eigenvalue weighted by Crippen LogP contribution is -2.22. The minimum atomic E-state index is -0.147. The van der Waals surface area contributed by atoms with E-state index in [4.69, 9.17) is 0 Å². The van der Waals surface area contributed by atoms with Crippen LogP contribution in [-0.4, -0.2) is 11.8 Å². The fourth-order valence-corrected chi connectivity index (χ4v) is 2.26. The number of benzene rings is 1. The van der Waals surface area contributed by atoms with Gasteiger partial charge in [0, 0.05) is 16.7 Å². The lowest BCUT2D eigenvalue weighted by Gasteiger charge is -2.23.